The zero-order chi connectivity index (χ0) is 22.9. The minimum Gasteiger partial charge on any atom is -0.504 e. The third-order valence-corrected chi connectivity index (χ3v) is 5.11. The molecule has 0 spiro atoms. The summed E-state index contributed by atoms with van der Waals surface area (Å²) in [6, 6.07) is 18.1. The molecule has 3 rings (SSSR count). The van der Waals surface area contributed by atoms with E-state index in [1.54, 1.807) is 18.2 Å². The molecule has 0 unspecified atom stereocenters. The number of carbonyl (C=O) groups is 2. The second-order valence-corrected chi connectivity index (χ2v) is 7.31. The molecule has 32 heavy (non-hydrogen) atoms. The summed E-state index contributed by atoms with van der Waals surface area (Å²) in [5, 5.41) is 14.8. The Morgan fingerprint density at radius 1 is 1.09 bits per heavy atom. The van der Waals surface area contributed by atoms with Gasteiger partial charge in [-0.15, -0.1) is 0 Å². The fourth-order valence-electron chi connectivity index (χ4n) is 3.30. The normalized spacial score (nSPS) is 11.6. The zero-order valence-corrected chi connectivity index (χ0v) is 18.5. The number of phenols is 1. The minimum absolute atomic E-state index is 0.000279. The van der Waals surface area contributed by atoms with Crippen molar-refractivity contribution in [2.75, 3.05) is 24.8 Å². The van der Waals surface area contributed by atoms with Gasteiger partial charge in [0.05, 0.1) is 25.2 Å². The average molecular weight is 456 g/mol. The number of aromatic hydroxyl groups is 1. The molecule has 0 aliphatic heterocycles. The van der Waals surface area contributed by atoms with Crippen molar-refractivity contribution in [1.29, 1.82) is 0 Å². The van der Waals surface area contributed by atoms with Crippen LogP contribution in [0.3, 0.4) is 0 Å². The number of nitrogens with one attached hydrogen (secondary N) is 1. The summed E-state index contributed by atoms with van der Waals surface area (Å²) < 4.78 is 15.8. The van der Waals surface area contributed by atoms with Gasteiger partial charge in [0, 0.05) is 5.39 Å². The van der Waals surface area contributed by atoms with Crippen molar-refractivity contribution in [2.45, 2.75) is 18.9 Å². The van der Waals surface area contributed by atoms with Gasteiger partial charge in [0.1, 0.15) is 6.10 Å². The molecule has 0 saturated carbocycles. The molecule has 2 N–H and O–H groups in total. The summed E-state index contributed by atoms with van der Waals surface area (Å²) in [5.74, 6) is -0.161. The van der Waals surface area contributed by atoms with Crippen LogP contribution in [0.4, 0.5) is 10.5 Å². The highest BCUT2D eigenvalue weighted by Gasteiger charge is 2.19. The maximum Gasteiger partial charge on any atom is 0.412 e. The first-order chi connectivity index (χ1) is 15.5. The van der Waals surface area contributed by atoms with Crippen molar-refractivity contribution in [1.82, 2.24) is 0 Å². The standard InChI is InChI=1S/C24H25NO6S/c1-29-22-12-11-17(14-20(22)26)21(10-5-13-30-23(27)15-32)31-24(28)25-19-9-4-7-16-6-2-3-8-18(16)19/h2-4,6-9,11-12,14,21,26,32H,5,10,13,15H2,1H3,(H,25,28)/t21-/m0/s1. The van der Waals surface area contributed by atoms with Crippen LogP contribution in [0.1, 0.15) is 24.5 Å². The number of hydrogen-bond acceptors (Lipinski definition) is 7. The average Bonchev–Trinajstić information content (AvgIpc) is 2.81. The first-order valence-corrected chi connectivity index (χ1v) is 10.7. The van der Waals surface area contributed by atoms with Gasteiger partial charge in [-0.3, -0.25) is 10.1 Å². The first-order valence-electron chi connectivity index (χ1n) is 10.1. The monoisotopic (exact) mass is 455 g/mol. The Labute approximate surface area is 191 Å². The molecule has 8 heteroatoms. The molecule has 7 nitrogen and oxygen atoms in total. The number of ether oxygens (including phenoxy) is 3. The van der Waals surface area contributed by atoms with Gasteiger partial charge in [-0.05, 0) is 42.0 Å². The molecule has 168 valence electrons. The minimum atomic E-state index is -0.670. The van der Waals surface area contributed by atoms with Gasteiger partial charge in [0.25, 0.3) is 0 Å². The van der Waals surface area contributed by atoms with Crippen LogP contribution in [-0.4, -0.2) is 36.6 Å². The molecular weight excluding hydrogens is 430 g/mol. The van der Waals surface area contributed by atoms with Gasteiger partial charge in [-0.25, -0.2) is 4.79 Å². The van der Waals surface area contributed by atoms with E-state index < -0.39 is 18.2 Å². The lowest BCUT2D eigenvalue weighted by Crippen LogP contribution is -2.18. The fourth-order valence-corrected chi connectivity index (χ4v) is 3.40. The molecule has 0 aliphatic carbocycles. The fraction of sp³-hybridized carbons (Fsp3) is 0.250. The van der Waals surface area contributed by atoms with Gasteiger partial charge in [0.2, 0.25) is 0 Å². The molecule has 0 radical (unpaired) electrons. The van der Waals surface area contributed by atoms with E-state index in [4.69, 9.17) is 14.2 Å². The molecule has 0 saturated heterocycles. The van der Waals surface area contributed by atoms with Crippen LogP contribution < -0.4 is 10.1 Å². The van der Waals surface area contributed by atoms with Gasteiger partial charge in [0.15, 0.2) is 11.5 Å². The van der Waals surface area contributed by atoms with Crippen LogP contribution in [0.25, 0.3) is 10.8 Å². The number of carbonyl (C=O) groups excluding carboxylic acids is 2. The van der Waals surface area contributed by atoms with E-state index in [0.29, 0.717) is 29.8 Å². The molecule has 0 fully saturated rings. The highest BCUT2D eigenvalue weighted by atomic mass is 32.1. The number of anilines is 1. The summed E-state index contributed by atoms with van der Waals surface area (Å²) in [6.45, 7) is 0.173. The van der Waals surface area contributed by atoms with E-state index >= 15 is 0 Å². The van der Waals surface area contributed by atoms with Crippen molar-refractivity contribution < 1.29 is 28.9 Å². The van der Waals surface area contributed by atoms with Gasteiger partial charge in [-0.1, -0.05) is 42.5 Å². The summed E-state index contributed by atoms with van der Waals surface area (Å²) in [4.78, 5) is 24.0. The number of hydrogen-bond donors (Lipinski definition) is 3. The topological polar surface area (TPSA) is 94.1 Å². The van der Waals surface area contributed by atoms with Crippen molar-refractivity contribution in [3.05, 3.63) is 66.2 Å². The molecule has 3 aromatic carbocycles. The molecule has 1 atom stereocenters. The van der Waals surface area contributed by atoms with Crippen molar-refractivity contribution in [2.24, 2.45) is 0 Å². The lowest BCUT2D eigenvalue weighted by molar-refractivity contribution is -0.140. The number of phenolic OH excluding ortho intramolecular Hbond substituents is 1. The Hall–Kier alpha value is -3.39. The van der Waals surface area contributed by atoms with Crippen LogP contribution in [0, 0.1) is 0 Å². The molecule has 0 aromatic heterocycles. The Balaban J connectivity index is 1.74. The summed E-state index contributed by atoms with van der Waals surface area (Å²) >= 11 is 3.87. The quantitative estimate of drug-likeness (QED) is 0.236. The Morgan fingerprint density at radius 2 is 1.88 bits per heavy atom. The number of amides is 1. The lowest BCUT2D eigenvalue weighted by Gasteiger charge is -2.20. The second kappa shape index (κ2) is 11.3. The lowest BCUT2D eigenvalue weighted by atomic mass is 10.0. The SMILES string of the molecule is COc1ccc([C@H](CCCOC(=O)CS)OC(=O)Nc2cccc3ccccc23)cc1O. The van der Waals surface area contributed by atoms with Crippen LogP contribution in [-0.2, 0) is 14.3 Å². The van der Waals surface area contributed by atoms with E-state index in [9.17, 15) is 14.7 Å². The summed E-state index contributed by atoms with van der Waals surface area (Å²) in [6.07, 6.45) is -0.460. The smallest absolute Gasteiger partial charge is 0.412 e. The van der Waals surface area contributed by atoms with E-state index in [0.717, 1.165) is 10.8 Å². The molecule has 0 aliphatic rings. The van der Waals surface area contributed by atoms with Crippen molar-refractivity contribution in [3.8, 4) is 11.5 Å². The van der Waals surface area contributed by atoms with E-state index in [1.165, 1.54) is 13.2 Å². The second-order valence-electron chi connectivity index (χ2n) is 7.00. The highest BCUT2D eigenvalue weighted by Crippen LogP contribution is 2.32. The van der Waals surface area contributed by atoms with Crippen LogP contribution in [0.15, 0.2) is 60.7 Å². The number of benzene rings is 3. The van der Waals surface area contributed by atoms with Gasteiger partial charge < -0.3 is 19.3 Å². The third-order valence-electron chi connectivity index (χ3n) is 4.85. The predicted molar refractivity (Wildman–Crippen MR) is 125 cm³/mol. The predicted octanol–water partition coefficient (Wildman–Crippen LogP) is 5.10. The number of esters is 1. The van der Waals surface area contributed by atoms with E-state index in [2.05, 4.69) is 17.9 Å². The Bertz CT molecular complexity index is 1080. The highest BCUT2D eigenvalue weighted by molar-refractivity contribution is 7.81. The molecule has 1 amide bonds. The van der Waals surface area contributed by atoms with E-state index in [1.807, 2.05) is 36.4 Å². The van der Waals surface area contributed by atoms with E-state index in [-0.39, 0.29) is 18.1 Å². The molecule has 3 aromatic rings. The molecule has 0 bridgehead atoms. The maximum absolute atomic E-state index is 12.7. The van der Waals surface area contributed by atoms with Gasteiger partial charge >= 0.3 is 12.1 Å². The number of fused-ring (bicyclic) bond motifs is 1. The third kappa shape index (κ3) is 6.07. The van der Waals surface area contributed by atoms with Gasteiger partial charge in [-0.2, -0.15) is 12.6 Å². The van der Waals surface area contributed by atoms with Crippen LogP contribution >= 0.6 is 12.6 Å². The first kappa shape index (κ1) is 23.3. The number of rotatable bonds is 9. The number of methoxy groups -OCH3 is 1. The van der Waals surface area contributed by atoms with Crippen molar-refractivity contribution >= 4 is 41.2 Å². The summed E-state index contributed by atoms with van der Waals surface area (Å²) in [7, 11) is 1.45. The summed E-state index contributed by atoms with van der Waals surface area (Å²) in [5.41, 5.74) is 1.23. The largest absolute Gasteiger partial charge is 0.504 e. The molecule has 0 heterocycles. The Kier molecular flexibility index (Phi) is 8.21. The van der Waals surface area contributed by atoms with Crippen LogP contribution in [0.2, 0.25) is 0 Å². The number of thiol groups is 1. The molecular formula is C24H25NO6S. The Morgan fingerprint density at radius 3 is 2.62 bits per heavy atom. The van der Waals surface area contributed by atoms with Crippen molar-refractivity contribution in [3.63, 3.8) is 0 Å². The van der Waals surface area contributed by atoms with Crippen LogP contribution in [0.5, 0.6) is 11.5 Å². The maximum atomic E-state index is 12.7. The zero-order valence-electron chi connectivity index (χ0n) is 17.6.